The average molecular weight is 212 g/mol. The second-order valence-electron chi connectivity index (χ2n) is 4.12. The molecule has 1 rings (SSSR count). The summed E-state index contributed by atoms with van der Waals surface area (Å²) in [6.07, 6.45) is 6.56. The molecule has 2 N–H and O–H groups in total. The first-order valence-corrected chi connectivity index (χ1v) is 5.78. The fraction of sp³-hybridized carbons (Fsp3) is 0.727. The van der Waals surface area contributed by atoms with E-state index in [0.717, 1.165) is 17.2 Å². The fourth-order valence-corrected chi connectivity index (χ4v) is 1.95. The Kier molecular flexibility index (Phi) is 4.94. The van der Waals surface area contributed by atoms with Crippen molar-refractivity contribution in [3.63, 3.8) is 0 Å². The molecular formula is C11H20N2S. The van der Waals surface area contributed by atoms with Crippen molar-refractivity contribution in [2.24, 2.45) is 0 Å². The maximum absolute atomic E-state index is 5.19. The molecule has 0 aliphatic heterocycles. The summed E-state index contributed by atoms with van der Waals surface area (Å²) in [4.78, 5) is 0. The van der Waals surface area contributed by atoms with Crippen LogP contribution in [0.2, 0.25) is 0 Å². The van der Waals surface area contributed by atoms with E-state index in [9.17, 15) is 0 Å². The van der Waals surface area contributed by atoms with Gasteiger partial charge in [-0.15, -0.1) is 0 Å². The van der Waals surface area contributed by atoms with Crippen LogP contribution in [0, 0.1) is 0 Å². The zero-order valence-corrected chi connectivity index (χ0v) is 9.75. The van der Waals surface area contributed by atoms with E-state index in [1.165, 1.54) is 32.1 Å². The summed E-state index contributed by atoms with van der Waals surface area (Å²) in [5.74, 6) is 0. The molecule has 0 unspecified atom stereocenters. The third kappa shape index (κ3) is 4.61. The standard InChI is InChI=1S/C11H20N2S/c1-9(2)8-12-11(14)13-10-6-4-3-5-7-10/h10H,1,3-8H2,2H3,(H2,12,13,14). The summed E-state index contributed by atoms with van der Waals surface area (Å²) in [5, 5.41) is 7.28. The van der Waals surface area contributed by atoms with Gasteiger partial charge in [-0.1, -0.05) is 31.4 Å². The molecule has 14 heavy (non-hydrogen) atoms. The van der Waals surface area contributed by atoms with Gasteiger partial charge >= 0.3 is 0 Å². The average Bonchev–Trinajstić information content (AvgIpc) is 2.16. The van der Waals surface area contributed by atoms with Crippen molar-refractivity contribution >= 4 is 17.3 Å². The molecule has 0 bridgehead atoms. The predicted molar refractivity (Wildman–Crippen MR) is 65.4 cm³/mol. The molecule has 1 aliphatic carbocycles. The Morgan fingerprint density at radius 1 is 1.36 bits per heavy atom. The third-order valence-electron chi connectivity index (χ3n) is 2.49. The lowest BCUT2D eigenvalue weighted by molar-refractivity contribution is 0.412. The van der Waals surface area contributed by atoms with Crippen molar-refractivity contribution in [1.82, 2.24) is 10.6 Å². The van der Waals surface area contributed by atoms with Gasteiger partial charge < -0.3 is 10.6 Å². The molecule has 1 aliphatic rings. The summed E-state index contributed by atoms with van der Waals surface area (Å²) in [6, 6.07) is 0.592. The Bertz CT molecular complexity index is 207. The molecule has 0 saturated heterocycles. The van der Waals surface area contributed by atoms with Crippen molar-refractivity contribution in [2.45, 2.75) is 45.1 Å². The van der Waals surface area contributed by atoms with Crippen LogP contribution >= 0.6 is 12.2 Å². The molecule has 0 aromatic rings. The van der Waals surface area contributed by atoms with E-state index in [1.807, 2.05) is 6.92 Å². The smallest absolute Gasteiger partial charge is 0.166 e. The minimum Gasteiger partial charge on any atom is -0.360 e. The van der Waals surface area contributed by atoms with Gasteiger partial charge in [0.15, 0.2) is 5.11 Å². The molecule has 0 heterocycles. The molecule has 0 spiro atoms. The molecule has 0 aromatic carbocycles. The van der Waals surface area contributed by atoms with Crippen molar-refractivity contribution in [1.29, 1.82) is 0 Å². The van der Waals surface area contributed by atoms with E-state index in [2.05, 4.69) is 17.2 Å². The van der Waals surface area contributed by atoms with Crippen LogP contribution in [-0.2, 0) is 0 Å². The van der Waals surface area contributed by atoms with E-state index in [1.54, 1.807) is 0 Å². The van der Waals surface area contributed by atoms with Crippen molar-refractivity contribution in [3.05, 3.63) is 12.2 Å². The molecule has 3 heteroatoms. The van der Waals surface area contributed by atoms with Crippen LogP contribution < -0.4 is 10.6 Å². The molecule has 0 radical (unpaired) electrons. The minimum atomic E-state index is 0.592. The minimum absolute atomic E-state index is 0.592. The monoisotopic (exact) mass is 212 g/mol. The molecule has 2 nitrogen and oxygen atoms in total. The largest absolute Gasteiger partial charge is 0.360 e. The second kappa shape index (κ2) is 6.02. The van der Waals surface area contributed by atoms with Crippen molar-refractivity contribution < 1.29 is 0 Å². The maximum Gasteiger partial charge on any atom is 0.166 e. The topological polar surface area (TPSA) is 24.1 Å². The lowest BCUT2D eigenvalue weighted by Crippen LogP contribution is -2.43. The van der Waals surface area contributed by atoms with Crippen molar-refractivity contribution in [3.8, 4) is 0 Å². The number of rotatable bonds is 3. The lowest BCUT2D eigenvalue weighted by atomic mass is 9.96. The Labute approximate surface area is 92.2 Å². The van der Waals surface area contributed by atoms with Crippen LogP contribution in [0.15, 0.2) is 12.2 Å². The van der Waals surface area contributed by atoms with E-state index < -0.39 is 0 Å². The van der Waals surface area contributed by atoms with Gasteiger partial charge in [-0.3, -0.25) is 0 Å². The van der Waals surface area contributed by atoms with Crippen LogP contribution in [0.3, 0.4) is 0 Å². The summed E-state index contributed by atoms with van der Waals surface area (Å²) >= 11 is 5.19. The normalized spacial score (nSPS) is 17.5. The summed E-state index contributed by atoms with van der Waals surface area (Å²) in [7, 11) is 0. The lowest BCUT2D eigenvalue weighted by Gasteiger charge is -2.24. The maximum atomic E-state index is 5.19. The third-order valence-corrected chi connectivity index (χ3v) is 2.75. The van der Waals surface area contributed by atoms with Crippen molar-refractivity contribution in [2.75, 3.05) is 6.54 Å². The van der Waals surface area contributed by atoms with E-state index in [0.29, 0.717) is 6.04 Å². The Balaban J connectivity index is 2.15. The van der Waals surface area contributed by atoms with E-state index >= 15 is 0 Å². The van der Waals surface area contributed by atoms with Gasteiger partial charge in [-0.25, -0.2) is 0 Å². The van der Waals surface area contributed by atoms with Crippen LogP contribution in [-0.4, -0.2) is 17.7 Å². The SMILES string of the molecule is C=C(C)CNC(=S)NC1CCCCC1. The molecule has 1 fully saturated rings. The fourth-order valence-electron chi connectivity index (χ4n) is 1.71. The quantitative estimate of drug-likeness (QED) is 0.555. The molecule has 0 amide bonds. The van der Waals surface area contributed by atoms with Crippen LogP contribution in [0.25, 0.3) is 0 Å². The zero-order chi connectivity index (χ0) is 10.4. The van der Waals surface area contributed by atoms with Gasteiger partial charge in [-0.05, 0) is 32.0 Å². The Morgan fingerprint density at radius 2 is 2.00 bits per heavy atom. The van der Waals surface area contributed by atoms with Gasteiger partial charge in [-0.2, -0.15) is 0 Å². The van der Waals surface area contributed by atoms with E-state index in [-0.39, 0.29) is 0 Å². The number of hydrogen-bond donors (Lipinski definition) is 2. The first-order valence-electron chi connectivity index (χ1n) is 5.37. The van der Waals surface area contributed by atoms with Gasteiger partial charge in [0.2, 0.25) is 0 Å². The highest BCUT2D eigenvalue weighted by atomic mass is 32.1. The highest BCUT2D eigenvalue weighted by molar-refractivity contribution is 7.80. The van der Waals surface area contributed by atoms with Gasteiger partial charge in [0.25, 0.3) is 0 Å². The highest BCUT2D eigenvalue weighted by Gasteiger charge is 2.13. The molecule has 0 atom stereocenters. The second-order valence-corrected chi connectivity index (χ2v) is 4.53. The van der Waals surface area contributed by atoms with Crippen LogP contribution in [0.4, 0.5) is 0 Å². The Morgan fingerprint density at radius 3 is 2.57 bits per heavy atom. The first-order chi connectivity index (χ1) is 6.68. The first kappa shape index (κ1) is 11.5. The predicted octanol–water partition coefficient (Wildman–Crippen LogP) is 2.36. The van der Waals surface area contributed by atoms with Gasteiger partial charge in [0.05, 0.1) is 0 Å². The zero-order valence-electron chi connectivity index (χ0n) is 8.94. The molecular weight excluding hydrogens is 192 g/mol. The Hall–Kier alpha value is -0.570. The summed E-state index contributed by atoms with van der Waals surface area (Å²) in [6.45, 7) is 6.60. The molecule has 80 valence electrons. The van der Waals surface area contributed by atoms with Gasteiger partial charge in [0, 0.05) is 12.6 Å². The van der Waals surface area contributed by atoms with E-state index in [4.69, 9.17) is 12.2 Å². The number of thiocarbonyl (C=S) groups is 1. The van der Waals surface area contributed by atoms with Gasteiger partial charge in [0.1, 0.15) is 0 Å². The van der Waals surface area contributed by atoms with Crippen LogP contribution in [0.1, 0.15) is 39.0 Å². The molecule has 0 aromatic heterocycles. The summed E-state index contributed by atoms with van der Waals surface area (Å²) in [5.41, 5.74) is 1.11. The number of hydrogen-bond acceptors (Lipinski definition) is 1. The summed E-state index contributed by atoms with van der Waals surface area (Å²) < 4.78 is 0. The van der Waals surface area contributed by atoms with Crippen LogP contribution in [0.5, 0.6) is 0 Å². The molecule has 1 saturated carbocycles. The number of nitrogens with one attached hydrogen (secondary N) is 2. The highest BCUT2D eigenvalue weighted by Crippen LogP contribution is 2.17.